The molecule has 1 aliphatic heterocycles. The summed E-state index contributed by atoms with van der Waals surface area (Å²) >= 11 is 0. The van der Waals surface area contributed by atoms with Crippen LogP contribution in [0, 0.1) is 5.92 Å². The average molecular weight is 292 g/mol. The van der Waals surface area contributed by atoms with E-state index in [1.54, 1.807) is 14.2 Å². The Bertz CT molecular complexity index is 464. The molecule has 1 aliphatic rings. The van der Waals surface area contributed by atoms with Crippen LogP contribution < -0.4 is 15.2 Å². The van der Waals surface area contributed by atoms with Crippen LogP contribution in [0.1, 0.15) is 38.3 Å². The fourth-order valence-corrected chi connectivity index (χ4v) is 3.12. The number of nitrogens with zero attached hydrogens (tertiary/aromatic N) is 1. The summed E-state index contributed by atoms with van der Waals surface area (Å²) in [4.78, 5) is 2.51. The molecule has 118 valence electrons. The largest absolute Gasteiger partial charge is 0.493 e. The lowest BCUT2D eigenvalue weighted by molar-refractivity contribution is 0.107. The first-order valence-corrected chi connectivity index (χ1v) is 7.78. The van der Waals surface area contributed by atoms with Crippen molar-refractivity contribution in [1.29, 1.82) is 0 Å². The van der Waals surface area contributed by atoms with E-state index in [2.05, 4.69) is 18.7 Å². The van der Waals surface area contributed by atoms with Crippen molar-refractivity contribution in [2.75, 3.05) is 27.3 Å². The summed E-state index contributed by atoms with van der Waals surface area (Å²) < 4.78 is 10.6. The van der Waals surface area contributed by atoms with Gasteiger partial charge in [0.25, 0.3) is 0 Å². The Hall–Kier alpha value is -1.26. The molecule has 1 aromatic rings. The second-order valence-electron chi connectivity index (χ2n) is 6.08. The molecule has 1 aromatic carbocycles. The summed E-state index contributed by atoms with van der Waals surface area (Å²) in [5.74, 6) is 2.23. The van der Waals surface area contributed by atoms with Crippen molar-refractivity contribution >= 4 is 0 Å². The zero-order valence-electron chi connectivity index (χ0n) is 13.6. The first-order valence-electron chi connectivity index (χ1n) is 7.78. The molecule has 0 amide bonds. The van der Waals surface area contributed by atoms with Crippen LogP contribution in [0.15, 0.2) is 18.2 Å². The molecular formula is C17H28N2O2. The van der Waals surface area contributed by atoms with E-state index >= 15 is 0 Å². The molecule has 1 heterocycles. The molecule has 1 saturated heterocycles. The second kappa shape index (κ2) is 7.14. The Balaban J connectivity index is 2.07. The summed E-state index contributed by atoms with van der Waals surface area (Å²) in [6.07, 6.45) is 2.59. The standard InChI is InChI=1S/C17H28N2O2/c1-12-6-5-9-19(13(12)2)11-15(18)14-7-8-16(20-3)17(10-14)21-4/h7-8,10,12-13,15H,5-6,9,11,18H2,1-4H3. The number of benzene rings is 1. The van der Waals surface area contributed by atoms with E-state index < -0.39 is 0 Å². The van der Waals surface area contributed by atoms with E-state index in [4.69, 9.17) is 15.2 Å². The molecule has 0 saturated carbocycles. The number of ether oxygens (including phenoxy) is 2. The van der Waals surface area contributed by atoms with Crippen LogP contribution >= 0.6 is 0 Å². The van der Waals surface area contributed by atoms with E-state index in [1.165, 1.54) is 12.8 Å². The van der Waals surface area contributed by atoms with Crippen LogP contribution in [-0.4, -0.2) is 38.3 Å². The molecule has 21 heavy (non-hydrogen) atoms. The van der Waals surface area contributed by atoms with Gasteiger partial charge in [0, 0.05) is 18.6 Å². The molecule has 3 atom stereocenters. The normalized spacial score (nSPS) is 24.6. The quantitative estimate of drug-likeness (QED) is 0.906. The molecule has 0 spiro atoms. The third kappa shape index (κ3) is 3.69. The van der Waals surface area contributed by atoms with Crippen LogP contribution in [0.3, 0.4) is 0 Å². The van der Waals surface area contributed by atoms with Gasteiger partial charge in [0.15, 0.2) is 11.5 Å². The van der Waals surface area contributed by atoms with Crippen LogP contribution in [0.2, 0.25) is 0 Å². The minimum absolute atomic E-state index is 0.00226. The number of piperidine rings is 1. The van der Waals surface area contributed by atoms with E-state index in [0.717, 1.165) is 36.1 Å². The highest BCUT2D eigenvalue weighted by Gasteiger charge is 2.26. The maximum Gasteiger partial charge on any atom is 0.161 e. The number of likely N-dealkylation sites (tertiary alicyclic amines) is 1. The molecular weight excluding hydrogens is 264 g/mol. The molecule has 3 unspecified atom stereocenters. The predicted octanol–water partition coefficient (Wildman–Crippen LogP) is 2.82. The molecule has 0 aliphatic carbocycles. The third-order valence-corrected chi connectivity index (χ3v) is 4.77. The van der Waals surface area contributed by atoms with Gasteiger partial charge in [-0.1, -0.05) is 13.0 Å². The number of methoxy groups -OCH3 is 2. The Kier molecular flexibility index (Phi) is 5.48. The minimum Gasteiger partial charge on any atom is -0.493 e. The molecule has 4 nitrogen and oxygen atoms in total. The van der Waals surface area contributed by atoms with Crippen molar-refractivity contribution < 1.29 is 9.47 Å². The fraction of sp³-hybridized carbons (Fsp3) is 0.647. The summed E-state index contributed by atoms with van der Waals surface area (Å²) in [6.45, 7) is 6.68. The van der Waals surface area contributed by atoms with Crippen molar-refractivity contribution in [1.82, 2.24) is 4.90 Å². The van der Waals surface area contributed by atoms with Gasteiger partial charge in [-0.3, -0.25) is 4.90 Å². The average Bonchev–Trinajstić information content (AvgIpc) is 2.51. The van der Waals surface area contributed by atoms with Crippen molar-refractivity contribution in [3.8, 4) is 11.5 Å². The van der Waals surface area contributed by atoms with Crippen molar-refractivity contribution in [2.24, 2.45) is 11.7 Å². The van der Waals surface area contributed by atoms with E-state index in [-0.39, 0.29) is 6.04 Å². The highest BCUT2D eigenvalue weighted by atomic mass is 16.5. The molecule has 4 heteroatoms. The third-order valence-electron chi connectivity index (χ3n) is 4.77. The van der Waals surface area contributed by atoms with E-state index in [1.807, 2.05) is 18.2 Å². The van der Waals surface area contributed by atoms with Crippen molar-refractivity contribution in [2.45, 2.75) is 38.8 Å². The molecule has 1 fully saturated rings. The summed E-state index contributed by atoms with van der Waals surface area (Å²) in [5.41, 5.74) is 7.51. The maximum atomic E-state index is 6.41. The van der Waals surface area contributed by atoms with Gasteiger partial charge in [0.2, 0.25) is 0 Å². The lowest BCUT2D eigenvalue weighted by atomic mass is 9.91. The van der Waals surface area contributed by atoms with Crippen LogP contribution in [-0.2, 0) is 0 Å². The second-order valence-corrected chi connectivity index (χ2v) is 6.08. The molecule has 0 aromatic heterocycles. The van der Waals surface area contributed by atoms with Crippen molar-refractivity contribution in [3.05, 3.63) is 23.8 Å². The van der Waals surface area contributed by atoms with E-state index in [0.29, 0.717) is 6.04 Å². The van der Waals surface area contributed by atoms with Gasteiger partial charge in [-0.15, -0.1) is 0 Å². The van der Waals surface area contributed by atoms with Gasteiger partial charge in [-0.05, 0) is 49.9 Å². The van der Waals surface area contributed by atoms with Crippen LogP contribution in [0.4, 0.5) is 0 Å². The SMILES string of the molecule is COc1ccc(C(N)CN2CCCC(C)C2C)cc1OC. The Morgan fingerprint density at radius 1 is 1.24 bits per heavy atom. The van der Waals surface area contributed by atoms with Crippen LogP contribution in [0.25, 0.3) is 0 Å². The topological polar surface area (TPSA) is 47.7 Å². The summed E-state index contributed by atoms with van der Waals surface area (Å²) in [6, 6.07) is 6.55. The minimum atomic E-state index is -0.00226. The Morgan fingerprint density at radius 2 is 1.95 bits per heavy atom. The molecule has 0 bridgehead atoms. The lowest BCUT2D eigenvalue weighted by Gasteiger charge is -2.39. The number of rotatable bonds is 5. The Labute approximate surface area is 128 Å². The first-order chi connectivity index (χ1) is 10.1. The van der Waals surface area contributed by atoms with Gasteiger partial charge in [-0.25, -0.2) is 0 Å². The summed E-state index contributed by atoms with van der Waals surface area (Å²) in [5, 5.41) is 0. The summed E-state index contributed by atoms with van der Waals surface area (Å²) in [7, 11) is 3.30. The zero-order chi connectivity index (χ0) is 15.4. The van der Waals surface area contributed by atoms with Crippen molar-refractivity contribution in [3.63, 3.8) is 0 Å². The lowest BCUT2D eigenvalue weighted by Crippen LogP contribution is -2.45. The zero-order valence-corrected chi connectivity index (χ0v) is 13.6. The highest BCUT2D eigenvalue weighted by molar-refractivity contribution is 5.43. The highest BCUT2D eigenvalue weighted by Crippen LogP contribution is 2.30. The predicted molar refractivity (Wildman–Crippen MR) is 85.9 cm³/mol. The monoisotopic (exact) mass is 292 g/mol. The van der Waals surface area contributed by atoms with Gasteiger partial charge in [0.05, 0.1) is 14.2 Å². The number of hydrogen-bond acceptors (Lipinski definition) is 4. The molecule has 0 radical (unpaired) electrons. The van der Waals surface area contributed by atoms with E-state index in [9.17, 15) is 0 Å². The van der Waals surface area contributed by atoms with Crippen LogP contribution in [0.5, 0.6) is 11.5 Å². The van der Waals surface area contributed by atoms with Gasteiger partial charge in [-0.2, -0.15) is 0 Å². The van der Waals surface area contributed by atoms with Gasteiger partial charge in [0.1, 0.15) is 0 Å². The smallest absolute Gasteiger partial charge is 0.161 e. The molecule has 2 rings (SSSR count). The van der Waals surface area contributed by atoms with Gasteiger partial charge >= 0.3 is 0 Å². The number of nitrogens with two attached hydrogens (primary N) is 1. The fourth-order valence-electron chi connectivity index (χ4n) is 3.12. The number of hydrogen-bond donors (Lipinski definition) is 1. The molecule has 2 N–H and O–H groups in total. The Morgan fingerprint density at radius 3 is 2.62 bits per heavy atom. The van der Waals surface area contributed by atoms with Gasteiger partial charge < -0.3 is 15.2 Å². The first kappa shape index (κ1) is 16.1. The maximum absolute atomic E-state index is 6.41.